The van der Waals surface area contributed by atoms with Gasteiger partial charge in [-0.3, -0.25) is 4.99 Å². The summed E-state index contributed by atoms with van der Waals surface area (Å²) in [5, 5.41) is 6.81. The second-order valence-corrected chi connectivity index (χ2v) is 6.31. The van der Waals surface area contributed by atoms with Gasteiger partial charge in [0, 0.05) is 38.8 Å². The highest BCUT2D eigenvalue weighted by atomic mass is 127. The Morgan fingerprint density at radius 3 is 2.96 bits per heavy atom. The Bertz CT molecular complexity index is 447. The van der Waals surface area contributed by atoms with Crippen LogP contribution in [0.25, 0.3) is 0 Å². The molecule has 1 saturated carbocycles. The topological polar surface area (TPSA) is 58.8 Å². The SMILES string of the molecule is CCC(C)NC(=NCCCOCC1CC1)NCCc1ccco1.I. The fraction of sp³-hybridized carbons (Fsp3) is 0.722. The van der Waals surface area contributed by atoms with E-state index < -0.39 is 0 Å². The summed E-state index contributed by atoms with van der Waals surface area (Å²) in [6.07, 6.45) is 7.31. The lowest BCUT2D eigenvalue weighted by Gasteiger charge is -2.16. The van der Waals surface area contributed by atoms with E-state index in [-0.39, 0.29) is 24.0 Å². The van der Waals surface area contributed by atoms with Gasteiger partial charge in [0.05, 0.1) is 6.26 Å². The number of aliphatic imine (C=N–C) groups is 1. The fourth-order valence-corrected chi connectivity index (χ4v) is 2.14. The minimum absolute atomic E-state index is 0. The van der Waals surface area contributed by atoms with Crippen LogP contribution in [0.4, 0.5) is 0 Å². The normalized spacial score (nSPS) is 15.7. The average molecular weight is 449 g/mol. The Hall–Kier alpha value is -0.760. The average Bonchev–Trinajstić information content (AvgIpc) is 3.24. The summed E-state index contributed by atoms with van der Waals surface area (Å²) in [6.45, 7) is 7.68. The van der Waals surface area contributed by atoms with Crippen molar-refractivity contribution in [3.05, 3.63) is 24.2 Å². The number of halogens is 1. The second kappa shape index (κ2) is 12.6. The van der Waals surface area contributed by atoms with Gasteiger partial charge < -0.3 is 19.8 Å². The van der Waals surface area contributed by atoms with Gasteiger partial charge in [-0.2, -0.15) is 0 Å². The van der Waals surface area contributed by atoms with Crippen LogP contribution in [0.15, 0.2) is 27.8 Å². The van der Waals surface area contributed by atoms with E-state index in [0.717, 1.165) is 63.2 Å². The van der Waals surface area contributed by atoms with Gasteiger partial charge in [0.15, 0.2) is 5.96 Å². The van der Waals surface area contributed by atoms with Gasteiger partial charge >= 0.3 is 0 Å². The first kappa shape index (κ1) is 21.3. The van der Waals surface area contributed by atoms with Crippen LogP contribution in [-0.2, 0) is 11.2 Å². The summed E-state index contributed by atoms with van der Waals surface area (Å²) >= 11 is 0. The first-order valence-electron chi connectivity index (χ1n) is 8.93. The highest BCUT2D eigenvalue weighted by Crippen LogP contribution is 2.28. The number of furan rings is 1. The zero-order valence-corrected chi connectivity index (χ0v) is 17.3. The summed E-state index contributed by atoms with van der Waals surface area (Å²) in [5.74, 6) is 2.71. The Morgan fingerprint density at radius 2 is 2.29 bits per heavy atom. The van der Waals surface area contributed by atoms with Crippen LogP contribution >= 0.6 is 24.0 Å². The van der Waals surface area contributed by atoms with Crippen LogP contribution in [0.2, 0.25) is 0 Å². The molecule has 1 heterocycles. The molecule has 24 heavy (non-hydrogen) atoms. The van der Waals surface area contributed by atoms with E-state index >= 15 is 0 Å². The zero-order valence-electron chi connectivity index (χ0n) is 14.9. The van der Waals surface area contributed by atoms with Crippen molar-refractivity contribution in [1.29, 1.82) is 0 Å². The molecular weight excluding hydrogens is 417 g/mol. The molecule has 1 unspecified atom stereocenters. The predicted octanol–water partition coefficient (Wildman–Crippen LogP) is 3.59. The van der Waals surface area contributed by atoms with Gasteiger partial charge in [-0.15, -0.1) is 24.0 Å². The molecule has 1 aliphatic carbocycles. The van der Waals surface area contributed by atoms with E-state index in [4.69, 9.17) is 9.15 Å². The Kier molecular flexibility index (Phi) is 11.2. The largest absolute Gasteiger partial charge is 0.469 e. The van der Waals surface area contributed by atoms with Crippen molar-refractivity contribution in [3.8, 4) is 0 Å². The molecule has 138 valence electrons. The second-order valence-electron chi connectivity index (χ2n) is 6.31. The Morgan fingerprint density at radius 1 is 1.46 bits per heavy atom. The zero-order chi connectivity index (χ0) is 16.3. The molecular formula is C18H32IN3O2. The number of hydrogen-bond acceptors (Lipinski definition) is 3. The molecule has 5 nitrogen and oxygen atoms in total. The Balaban J connectivity index is 0.00000288. The smallest absolute Gasteiger partial charge is 0.191 e. The summed E-state index contributed by atoms with van der Waals surface area (Å²) < 4.78 is 11.0. The number of nitrogens with one attached hydrogen (secondary N) is 2. The molecule has 1 aromatic rings. The lowest BCUT2D eigenvalue weighted by Crippen LogP contribution is -2.42. The van der Waals surface area contributed by atoms with Crippen LogP contribution in [0, 0.1) is 5.92 Å². The highest BCUT2D eigenvalue weighted by Gasteiger charge is 2.20. The molecule has 1 aliphatic rings. The van der Waals surface area contributed by atoms with Crippen LogP contribution in [0.1, 0.15) is 45.3 Å². The number of guanidine groups is 1. The third-order valence-corrected chi connectivity index (χ3v) is 4.01. The van der Waals surface area contributed by atoms with Gasteiger partial charge in [0.25, 0.3) is 0 Å². The van der Waals surface area contributed by atoms with Gasteiger partial charge in [-0.25, -0.2) is 0 Å². The number of ether oxygens (including phenoxy) is 1. The standard InChI is InChI=1S/C18H31N3O2.HI/c1-3-15(2)21-18(20-11-9-17-6-4-13-23-17)19-10-5-12-22-14-16-7-8-16;/h4,6,13,15-16H,3,5,7-12,14H2,1-2H3,(H2,19,20,21);1H. The molecule has 1 atom stereocenters. The quantitative estimate of drug-likeness (QED) is 0.235. The van der Waals surface area contributed by atoms with E-state index in [2.05, 4.69) is 29.5 Å². The molecule has 0 radical (unpaired) electrons. The Labute approximate surface area is 163 Å². The highest BCUT2D eigenvalue weighted by molar-refractivity contribution is 14.0. The van der Waals surface area contributed by atoms with E-state index in [0.29, 0.717) is 6.04 Å². The summed E-state index contributed by atoms with van der Waals surface area (Å²) in [7, 11) is 0. The molecule has 0 amide bonds. The molecule has 1 fully saturated rings. The van der Waals surface area contributed by atoms with Crippen molar-refractivity contribution in [2.75, 3.05) is 26.3 Å². The molecule has 2 rings (SSSR count). The molecule has 0 saturated heterocycles. The first-order chi connectivity index (χ1) is 11.3. The summed E-state index contributed by atoms with van der Waals surface area (Å²) in [5.41, 5.74) is 0. The lowest BCUT2D eigenvalue weighted by atomic mass is 10.3. The minimum Gasteiger partial charge on any atom is -0.469 e. The van der Waals surface area contributed by atoms with Crippen LogP contribution < -0.4 is 10.6 Å². The van der Waals surface area contributed by atoms with Crippen molar-refractivity contribution >= 4 is 29.9 Å². The van der Waals surface area contributed by atoms with Crippen molar-refractivity contribution in [2.45, 2.75) is 52.0 Å². The number of nitrogens with zero attached hydrogens (tertiary/aromatic N) is 1. The monoisotopic (exact) mass is 449 g/mol. The van der Waals surface area contributed by atoms with Gasteiger partial charge in [0.2, 0.25) is 0 Å². The lowest BCUT2D eigenvalue weighted by molar-refractivity contribution is 0.123. The molecule has 0 aromatic carbocycles. The fourth-order valence-electron chi connectivity index (χ4n) is 2.14. The predicted molar refractivity (Wildman–Crippen MR) is 109 cm³/mol. The van der Waals surface area contributed by atoms with Crippen LogP contribution in [-0.4, -0.2) is 38.3 Å². The van der Waals surface area contributed by atoms with E-state index in [1.807, 2.05) is 12.1 Å². The molecule has 6 heteroatoms. The molecule has 0 bridgehead atoms. The van der Waals surface area contributed by atoms with Crippen molar-refractivity contribution in [1.82, 2.24) is 10.6 Å². The van der Waals surface area contributed by atoms with Crippen molar-refractivity contribution in [3.63, 3.8) is 0 Å². The first-order valence-corrected chi connectivity index (χ1v) is 8.93. The number of hydrogen-bond donors (Lipinski definition) is 2. The third kappa shape index (κ3) is 9.52. The van der Waals surface area contributed by atoms with Crippen LogP contribution in [0.3, 0.4) is 0 Å². The van der Waals surface area contributed by atoms with Crippen molar-refractivity contribution in [2.24, 2.45) is 10.9 Å². The molecule has 0 spiro atoms. The molecule has 0 aliphatic heterocycles. The third-order valence-electron chi connectivity index (χ3n) is 4.01. The van der Waals surface area contributed by atoms with Gasteiger partial charge in [-0.05, 0) is 50.7 Å². The minimum atomic E-state index is 0. The molecule has 1 aromatic heterocycles. The van der Waals surface area contributed by atoms with Crippen LogP contribution in [0.5, 0.6) is 0 Å². The maximum atomic E-state index is 5.65. The van der Waals surface area contributed by atoms with E-state index in [1.54, 1.807) is 6.26 Å². The van der Waals surface area contributed by atoms with E-state index in [9.17, 15) is 0 Å². The van der Waals surface area contributed by atoms with E-state index in [1.165, 1.54) is 12.8 Å². The molecule has 2 N–H and O–H groups in total. The maximum Gasteiger partial charge on any atom is 0.191 e. The number of rotatable bonds is 11. The summed E-state index contributed by atoms with van der Waals surface area (Å²) in [6, 6.07) is 4.33. The summed E-state index contributed by atoms with van der Waals surface area (Å²) in [4.78, 5) is 4.65. The maximum absolute atomic E-state index is 5.65. The van der Waals surface area contributed by atoms with Crippen molar-refractivity contribution < 1.29 is 9.15 Å². The van der Waals surface area contributed by atoms with Gasteiger partial charge in [-0.1, -0.05) is 6.92 Å². The van der Waals surface area contributed by atoms with Gasteiger partial charge in [0.1, 0.15) is 5.76 Å².